The highest BCUT2D eigenvalue weighted by atomic mass is 35.5. The molecule has 0 saturated carbocycles. The lowest BCUT2D eigenvalue weighted by Crippen LogP contribution is -2.16. The number of anilines is 1. The maximum Gasteiger partial charge on any atom is 0.339 e. The minimum absolute atomic E-state index is 0.193. The molecular weight excluding hydrogens is 340 g/mol. The van der Waals surface area contributed by atoms with E-state index in [9.17, 15) is 9.59 Å². The third kappa shape index (κ3) is 4.14. The number of benzene rings is 1. The van der Waals surface area contributed by atoms with Crippen molar-refractivity contribution in [1.29, 1.82) is 0 Å². The van der Waals surface area contributed by atoms with Crippen LogP contribution in [0.4, 0.5) is 5.69 Å². The van der Waals surface area contributed by atoms with Gasteiger partial charge in [0.1, 0.15) is 5.57 Å². The number of carbonyl (C=O) groups is 2. The Morgan fingerprint density at radius 2 is 2.00 bits per heavy atom. The fourth-order valence-corrected chi connectivity index (χ4v) is 2.70. The molecule has 5 nitrogen and oxygen atoms in total. The van der Waals surface area contributed by atoms with Crippen LogP contribution in [0.15, 0.2) is 66.1 Å². The van der Waals surface area contributed by atoms with Crippen LogP contribution in [-0.2, 0) is 16.0 Å². The Morgan fingerprint density at radius 1 is 1.24 bits per heavy atom. The largest absolute Gasteiger partial charge is 0.478 e. The van der Waals surface area contributed by atoms with Crippen molar-refractivity contribution in [3.05, 3.63) is 82.3 Å². The molecule has 2 aromatic rings. The summed E-state index contributed by atoms with van der Waals surface area (Å²) in [4.78, 5) is 27.0. The monoisotopic (exact) mass is 354 g/mol. The van der Waals surface area contributed by atoms with Gasteiger partial charge in [0.25, 0.3) is 0 Å². The van der Waals surface area contributed by atoms with Crippen molar-refractivity contribution in [3.63, 3.8) is 0 Å². The molecule has 126 valence electrons. The van der Waals surface area contributed by atoms with Crippen LogP contribution in [0, 0.1) is 0 Å². The van der Waals surface area contributed by atoms with E-state index < -0.39 is 11.8 Å². The van der Waals surface area contributed by atoms with E-state index in [-0.39, 0.29) is 5.57 Å². The summed E-state index contributed by atoms with van der Waals surface area (Å²) in [6, 6.07) is 9.39. The Balaban J connectivity index is 1.78. The van der Waals surface area contributed by atoms with E-state index >= 15 is 0 Å². The number of allylic oxidation sites excluding steroid dienone is 2. The highest BCUT2D eigenvalue weighted by molar-refractivity contribution is 6.30. The first-order valence-corrected chi connectivity index (χ1v) is 8.03. The Hall–Kier alpha value is -2.92. The maximum atomic E-state index is 11.9. The van der Waals surface area contributed by atoms with Crippen molar-refractivity contribution in [2.75, 3.05) is 5.32 Å². The number of rotatable bonds is 5. The first kappa shape index (κ1) is 16.9. The lowest BCUT2D eigenvalue weighted by Gasteiger charge is -2.16. The summed E-state index contributed by atoms with van der Waals surface area (Å²) in [5.74, 6) is -1.71. The number of aromatic nitrogens is 1. The lowest BCUT2D eigenvalue weighted by atomic mass is 10.0. The molecule has 1 aliphatic carbocycles. The number of ketones is 1. The number of pyridine rings is 1. The standard InChI is InChI=1S/C19H15ClN2O3/c20-14-3-1-12(2-4-14)9-13-11-21-8-7-17(13)22-15-5-6-16(19(24)25)18(23)10-15/h1-4,6-8,10-11H,5,9H2,(H,21,22)(H,24,25). The molecular formula is C19H15ClN2O3. The number of carboxylic acid groups (broad SMARTS) is 1. The minimum atomic E-state index is -1.20. The highest BCUT2D eigenvalue weighted by Crippen LogP contribution is 2.23. The van der Waals surface area contributed by atoms with Crippen molar-refractivity contribution >= 4 is 29.0 Å². The Labute approximate surface area is 149 Å². The van der Waals surface area contributed by atoms with Gasteiger partial charge in [-0.1, -0.05) is 29.8 Å². The molecule has 25 heavy (non-hydrogen) atoms. The summed E-state index contributed by atoms with van der Waals surface area (Å²) in [5.41, 5.74) is 3.34. The zero-order valence-corrected chi connectivity index (χ0v) is 14.0. The molecule has 1 aromatic heterocycles. The predicted octanol–water partition coefficient (Wildman–Crippen LogP) is 3.61. The number of carboxylic acids is 1. The van der Waals surface area contributed by atoms with Crippen molar-refractivity contribution in [2.45, 2.75) is 12.8 Å². The molecule has 0 fully saturated rings. The smallest absolute Gasteiger partial charge is 0.339 e. The van der Waals surface area contributed by atoms with Crippen molar-refractivity contribution < 1.29 is 14.7 Å². The molecule has 0 saturated heterocycles. The van der Waals surface area contributed by atoms with Gasteiger partial charge in [-0.05, 0) is 29.3 Å². The van der Waals surface area contributed by atoms with Crippen LogP contribution in [0.3, 0.4) is 0 Å². The van der Waals surface area contributed by atoms with Crippen LogP contribution in [0.5, 0.6) is 0 Å². The van der Waals surface area contributed by atoms with Crippen LogP contribution in [-0.4, -0.2) is 21.8 Å². The Morgan fingerprint density at radius 3 is 2.68 bits per heavy atom. The van der Waals surface area contributed by atoms with E-state index in [4.69, 9.17) is 16.7 Å². The third-order valence-electron chi connectivity index (χ3n) is 3.83. The molecule has 0 aliphatic heterocycles. The summed E-state index contributed by atoms with van der Waals surface area (Å²) in [5, 5.41) is 12.8. The van der Waals surface area contributed by atoms with Crippen LogP contribution in [0.25, 0.3) is 0 Å². The maximum absolute atomic E-state index is 11.9. The van der Waals surface area contributed by atoms with Gasteiger partial charge in [-0.15, -0.1) is 0 Å². The van der Waals surface area contributed by atoms with Gasteiger partial charge in [0.05, 0.1) is 0 Å². The van der Waals surface area contributed by atoms with E-state index in [1.165, 1.54) is 12.2 Å². The van der Waals surface area contributed by atoms with Crippen molar-refractivity contribution in [3.8, 4) is 0 Å². The van der Waals surface area contributed by atoms with Crippen molar-refractivity contribution in [2.24, 2.45) is 0 Å². The molecule has 0 bridgehead atoms. The van der Waals surface area contributed by atoms with Crippen LogP contribution < -0.4 is 5.32 Å². The van der Waals surface area contributed by atoms with Gasteiger partial charge in [0, 0.05) is 47.7 Å². The third-order valence-corrected chi connectivity index (χ3v) is 4.09. The molecule has 3 rings (SSSR count). The normalized spacial score (nSPS) is 13.9. The second kappa shape index (κ2) is 7.32. The Bertz CT molecular complexity index is 886. The average Bonchev–Trinajstić information content (AvgIpc) is 2.58. The van der Waals surface area contributed by atoms with Crippen molar-refractivity contribution in [1.82, 2.24) is 4.98 Å². The predicted molar refractivity (Wildman–Crippen MR) is 95.5 cm³/mol. The minimum Gasteiger partial charge on any atom is -0.478 e. The number of aliphatic carboxylic acids is 1. The fourth-order valence-electron chi connectivity index (χ4n) is 2.57. The first-order valence-electron chi connectivity index (χ1n) is 7.65. The van der Waals surface area contributed by atoms with Gasteiger partial charge in [-0.25, -0.2) is 4.79 Å². The molecule has 0 radical (unpaired) electrons. The van der Waals surface area contributed by atoms with E-state index in [0.717, 1.165) is 16.8 Å². The van der Waals surface area contributed by atoms with Crippen LogP contribution >= 0.6 is 11.6 Å². The number of nitrogens with one attached hydrogen (secondary N) is 1. The molecule has 2 N–H and O–H groups in total. The summed E-state index contributed by atoms with van der Waals surface area (Å²) in [6.07, 6.45) is 7.20. The van der Waals surface area contributed by atoms with E-state index in [2.05, 4.69) is 10.3 Å². The number of halogens is 1. The van der Waals surface area contributed by atoms with Gasteiger partial charge >= 0.3 is 5.97 Å². The molecule has 0 unspecified atom stereocenters. The van der Waals surface area contributed by atoms with Gasteiger partial charge in [0.15, 0.2) is 5.78 Å². The quantitative estimate of drug-likeness (QED) is 0.802. The van der Waals surface area contributed by atoms with Gasteiger partial charge < -0.3 is 10.4 Å². The summed E-state index contributed by atoms with van der Waals surface area (Å²) in [7, 11) is 0. The Kier molecular flexibility index (Phi) is 4.95. The molecule has 1 aliphatic rings. The zero-order valence-electron chi connectivity index (χ0n) is 13.2. The number of hydrogen-bond acceptors (Lipinski definition) is 4. The van der Waals surface area contributed by atoms with E-state index in [1.54, 1.807) is 12.4 Å². The number of carbonyl (C=O) groups excluding carboxylic acids is 1. The van der Waals surface area contributed by atoms with Crippen LogP contribution in [0.1, 0.15) is 17.5 Å². The molecule has 0 amide bonds. The summed E-state index contributed by atoms with van der Waals surface area (Å²) >= 11 is 5.91. The lowest BCUT2D eigenvalue weighted by molar-refractivity contribution is -0.134. The van der Waals surface area contributed by atoms with Gasteiger partial charge in [-0.2, -0.15) is 0 Å². The van der Waals surface area contributed by atoms with Gasteiger partial charge in [-0.3, -0.25) is 9.78 Å². The molecule has 0 atom stereocenters. The number of nitrogens with zero attached hydrogens (tertiary/aromatic N) is 1. The second-order valence-corrected chi connectivity index (χ2v) is 6.06. The zero-order chi connectivity index (χ0) is 17.8. The summed E-state index contributed by atoms with van der Waals surface area (Å²) < 4.78 is 0. The summed E-state index contributed by atoms with van der Waals surface area (Å²) in [6.45, 7) is 0. The fraction of sp³-hybridized carbons (Fsp3) is 0.105. The molecule has 0 spiro atoms. The molecule has 1 heterocycles. The van der Waals surface area contributed by atoms with Crippen LogP contribution in [0.2, 0.25) is 5.02 Å². The second-order valence-electron chi connectivity index (χ2n) is 5.62. The molecule has 6 heteroatoms. The highest BCUT2D eigenvalue weighted by Gasteiger charge is 2.20. The van der Waals surface area contributed by atoms with E-state index in [1.807, 2.05) is 30.3 Å². The first-order chi connectivity index (χ1) is 12.0. The average molecular weight is 355 g/mol. The van der Waals surface area contributed by atoms with Gasteiger partial charge in [0.2, 0.25) is 0 Å². The topological polar surface area (TPSA) is 79.3 Å². The number of hydrogen-bond donors (Lipinski definition) is 2. The SMILES string of the molecule is O=C(O)C1=CCC(Nc2ccncc2Cc2ccc(Cl)cc2)=CC1=O. The van der Waals surface area contributed by atoms with E-state index in [0.29, 0.717) is 23.6 Å². The molecule has 1 aromatic carbocycles.